The van der Waals surface area contributed by atoms with Crippen LogP contribution in [-0.4, -0.2) is 15.3 Å². The first-order valence-corrected chi connectivity index (χ1v) is 8.04. The van der Waals surface area contributed by atoms with E-state index in [4.69, 9.17) is 0 Å². The Morgan fingerprint density at radius 2 is 1.22 bits per heavy atom. The summed E-state index contributed by atoms with van der Waals surface area (Å²) in [5, 5.41) is 30.6. The van der Waals surface area contributed by atoms with E-state index in [9.17, 15) is 15.3 Å². The molecule has 2 rings (SSSR count). The first-order valence-electron chi connectivity index (χ1n) is 8.04. The molecule has 0 aliphatic carbocycles. The van der Waals surface area contributed by atoms with Gasteiger partial charge in [-0.05, 0) is 66.1 Å². The molecule has 3 N–H and O–H groups in total. The van der Waals surface area contributed by atoms with Crippen molar-refractivity contribution in [1.29, 1.82) is 0 Å². The Hall–Kier alpha value is -2.16. The molecular formula is C20H26O3. The number of hydrogen-bond donors (Lipinski definition) is 3. The smallest absolute Gasteiger partial charge is 0.161 e. The van der Waals surface area contributed by atoms with E-state index in [0.29, 0.717) is 11.3 Å². The highest BCUT2D eigenvalue weighted by atomic mass is 16.3. The van der Waals surface area contributed by atoms with Crippen molar-refractivity contribution >= 4 is 0 Å². The van der Waals surface area contributed by atoms with Crippen LogP contribution in [0, 0.1) is 13.8 Å². The van der Waals surface area contributed by atoms with Crippen LogP contribution in [0.2, 0.25) is 0 Å². The van der Waals surface area contributed by atoms with E-state index >= 15 is 0 Å². The summed E-state index contributed by atoms with van der Waals surface area (Å²) >= 11 is 0. The fourth-order valence-electron chi connectivity index (χ4n) is 2.96. The van der Waals surface area contributed by atoms with Gasteiger partial charge < -0.3 is 15.3 Å². The topological polar surface area (TPSA) is 60.7 Å². The number of aryl methyl sites for hydroxylation is 1. The molecule has 2 aromatic carbocycles. The number of phenolic OH excluding ortho intramolecular Hbond substituents is 3. The molecule has 0 fully saturated rings. The van der Waals surface area contributed by atoms with E-state index < -0.39 is 0 Å². The molecule has 0 aromatic heterocycles. The van der Waals surface area contributed by atoms with Gasteiger partial charge in [-0.3, -0.25) is 0 Å². The molecule has 3 heteroatoms. The molecule has 0 spiro atoms. The van der Waals surface area contributed by atoms with Gasteiger partial charge in [-0.15, -0.1) is 0 Å². The molecule has 3 nitrogen and oxygen atoms in total. The summed E-state index contributed by atoms with van der Waals surface area (Å²) in [6, 6.07) is 5.69. The van der Waals surface area contributed by atoms with Crippen LogP contribution >= 0.6 is 0 Å². The summed E-state index contributed by atoms with van der Waals surface area (Å²) in [7, 11) is 0. The van der Waals surface area contributed by atoms with Gasteiger partial charge in [0.2, 0.25) is 0 Å². The fraction of sp³-hybridized carbons (Fsp3) is 0.400. The zero-order chi connectivity index (χ0) is 17.5. The quantitative estimate of drug-likeness (QED) is 0.671. The minimum atomic E-state index is -0.0650. The maximum Gasteiger partial charge on any atom is 0.161 e. The molecule has 0 saturated carbocycles. The molecule has 0 aliphatic heterocycles. The van der Waals surface area contributed by atoms with Gasteiger partial charge >= 0.3 is 0 Å². The van der Waals surface area contributed by atoms with Gasteiger partial charge in [0, 0.05) is 11.1 Å². The second kappa shape index (κ2) is 6.15. The molecule has 23 heavy (non-hydrogen) atoms. The van der Waals surface area contributed by atoms with Crippen LogP contribution in [0.15, 0.2) is 18.2 Å². The summed E-state index contributed by atoms with van der Waals surface area (Å²) in [5.41, 5.74) is 5.06. The van der Waals surface area contributed by atoms with Crippen LogP contribution in [-0.2, 0) is 0 Å². The molecule has 124 valence electrons. The van der Waals surface area contributed by atoms with Gasteiger partial charge in [-0.2, -0.15) is 0 Å². The van der Waals surface area contributed by atoms with Gasteiger partial charge in [0.05, 0.1) is 0 Å². The van der Waals surface area contributed by atoms with Crippen molar-refractivity contribution in [2.45, 2.75) is 53.4 Å². The Morgan fingerprint density at radius 3 is 1.74 bits per heavy atom. The van der Waals surface area contributed by atoms with Crippen LogP contribution in [0.4, 0.5) is 0 Å². The lowest BCUT2D eigenvalue weighted by Crippen LogP contribution is -1.97. The minimum Gasteiger partial charge on any atom is -0.508 e. The zero-order valence-electron chi connectivity index (χ0n) is 14.7. The molecule has 0 radical (unpaired) electrons. The van der Waals surface area contributed by atoms with Gasteiger partial charge in [-0.1, -0.05) is 27.7 Å². The lowest BCUT2D eigenvalue weighted by molar-refractivity contribution is 0.395. The summed E-state index contributed by atoms with van der Waals surface area (Å²) in [4.78, 5) is 0. The number of phenols is 3. The van der Waals surface area contributed by atoms with E-state index in [0.717, 1.165) is 27.8 Å². The van der Waals surface area contributed by atoms with Crippen molar-refractivity contribution in [3.63, 3.8) is 0 Å². The van der Waals surface area contributed by atoms with Crippen molar-refractivity contribution in [2.24, 2.45) is 0 Å². The molecule has 0 saturated heterocycles. The van der Waals surface area contributed by atoms with Gasteiger partial charge in [-0.25, -0.2) is 0 Å². The third-order valence-corrected chi connectivity index (χ3v) is 4.46. The molecule has 0 amide bonds. The van der Waals surface area contributed by atoms with Crippen LogP contribution in [0.5, 0.6) is 17.2 Å². The lowest BCUT2D eigenvalue weighted by atomic mass is 9.88. The Bertz CT molecular complexity index is 743. The summed E-state index contributed by atoms with van der Waals surface area (Å²) in [5.74, 6) is 0.490. The molecule has 0 atom stereocenters. The highest BCUT2D eigenvalue weighted by Gasteiger charge is 2.19. The maximum atomic E-state index is 10.3. The minimum absolute atomic E-state index is 0.0400. The molecule has 0 heterocycles. The van der Waals surface area contributed by atoms with Crippen molar-refractivity contribution < 1.29 is 15.3 Å². The first-order chi connectivity index (χ1) is 10.6. The molecular weight excluding hydrogens is 288 g/mol. The summed E-state index contributed by atoms with van der Waals surface area (Å²) in [6.45, 7) is 11.8. The Kier molecular flexibility index (Phi) is 4.60. The number of rotatable bonds is 3. The van der Waals surface area contributed by atoms with E-state index in [2.05, 4.69) is 0 Å². The monoisotopic (exact) mass is 314 g/mol. The number of hydrogen-bond acceptors (Lipinski definition) is 3. The Balaban J connectivity index is 2.79. The summed E-state index contributed by atoms with van der Waals surface area (Å²) < 4.78 is 0. The normalized spacial score (nSPS) is 11.5. The van der Waals surface area contributed by atoms with Gasteiger partial charge in [0.25, 0.3) is 0 Å². The van der Waals surface area contributed by atoms with Crippen molar-refractivity contribution in [2.75, 3.05) is 0 Å². The maximum absolute atomic E-state index is 10.3. The molecule has 2 aromatic rings. The third kappa shape index (κ3) is 3.00. The average Bonchev–Trinajstić information content (AvgIpc) is 2.45. The molecule has 0 aliphatic rings. The second-order valence-electron chi connectivity index (χ2n) is 6.87. The van der Waals surface area contributed by atoms with Gasteiger partial charge in [0.15, 0.2) is 11.5 Å². The largest absolute Gasteiger partial charge is 0.508 e. The van der Waals surface area contributed by atoms with Crippen LogP contribution in [0.3, 0.4) is 0 Å². The summed E-state index contributed by atoms with van der Waals surface area (Å²) in [6.07, 6.45) is 0. The SMILES string of the molecule is Cc1cc(O)c(C(C)C)cc1-c1cc(C(C)C)c(O)c(O)c1C. The van der Waals surface area contributed by atoms with E-state index in [-0.39, 0.29) is 23.3 Å². The van der Waals surface area contributed by atoms with E-state index in [1.54, 1.807) is 13.0 Å². The Morgan fingerprint density at radius 1 is 0.696 bits per heavy atom. The highest BCUT2D eigenvalue weighted by Crippen LogP contribution is 2.44. The first kappa shape index (κ1) is 17.2. The van der Waals surface area contributed by atoms with Crippen molar-refractivity contribution in [3.05, 3.63) is 40.5 Å². The standard InChI is InChI=1S/C20H26O3/c1-10(2)14-8-16(12(5)7-18(14)21)17-9-15(11(3)4)20(23)19(22)13(17)6/h7-11,21-23H,1-6H3. The fourth-order valence-corrected chi connectivity index (χ4v) is 2.96. The van der Waals surface area contributed by atoms with Gasteiger partial charge in [0.1, 0.15) is 5.75 Å². The predicted molar refractivity (Wildman–Crippen MR) is 94.5 cm³/mol. The predicted octanol–water partition coefficient (Wildman–Crippen LogP) is 5.33. The highest BCUT2D eigenvalue weighted by molar-refractivity contribution is 5.77. The van der Waals surface area contributed by atoms with E-state index in [1.807, 2.05) is 46.8 Å². The lowest BCUT2D eigenvalue weighted by Gasteiger charge is -2.19. The zero-order valence-corrected chi connectivity index (χ0v) is 14.7. The molecule has 0 unspecified atom stereocenters. The number of benzene rings is 2. The third-order valence-electron chi connectivity index (χ3n) is 4.46. The second-order valence-corrected chi connectivity index (χ2v) is 6.87. The number of aromatic hydroxyl groups is 3. The van der Waals surface area contributed by atoms with Crippen molar-refractivity contribution in [3.8, 4) is 28.4 Å². The van der Waals surface area contributed by atoms with Crippen LogP contribution in [0.25, 0.3) is 11.1 Å². The Labute approximate surface area is 138 Å². The molecule has 0 bridgehead atoms. The van der Waals surface area contributed by atoms with Crippen LogP contribution < -0.4 is 0 Å². The van der Waals surface area contributed by atoms with E-state index in [1.165, 1.54) is 0 Å². The average molecular weight is 314 g/mol. The van der Waals surface area contributed by atoms with Crippen molar-refractivity contribution in [1.82, 2.24) is 0 Å². The van der Waals surface area contributed by atoms with Crippen LogP contribution in [0.1, 0.15) is 61.8 Å².